The quantitative estimate of drug-likeness (QED) is 0.508. The van der Waals surface area contributed by atoms with Crippen LogP contribution in [-0.2, 0) is 17.7 Å². The molecule has 0 aliphatic carbocycles. The van der Waals surface area contributed by atoms with Crippen LogP contribution in [0.25, 0.3) is 0 Å². The van der Waals surface area contributed by atoms with Gasteiger partial charge >= 0.3 is 6.09 Å². The minimum atomic E-state index is -0.616. The summed E-state index contributed by atoms with van der Waals surface area (Å²) in [5.74, 6) is 0.302. The van der Waals surface area contributed by atoms with E-state index in [-0.39, 0.29) is 12.5 Å². The lowest BCUT2D eigenvalue weighted by atomic mass is 10.0. The van der Waals surface area contributed by atoms with E-state index in [9.17, 15) is 14.4 Å². The van der Waals surface area contributed by atoms with E-state index in [1.54, 1.807) is 29.2 Å². The summed E-state index contributed by atoms with van der Waals surface area (Å²) in [7, 11) is 0. The maximum atomic E-state index is 12.9. The van der Waals surface area contributed by atoms with Crippen LogP contribution < -0.4 is 15.8 Å². The van der Waals surface area contributed by atoms with Gasteiger partial charge in [-0.05, 0) is 69.2 Å². The Hall–Kier alpha value is -3.85. The smallest absolute Gasteiger partial charge is 0.410 e. The summed E-state index contributed by atoms with van der Waals surface area (Å²) in [5, 5.41) is 3.20. The number of fused-ring (bicyclic) bond motifs is 1. The summed E-state index contributed by atoms with van der Waals surface area (Å²) < 4.78 is 11.2. The van der Waals surface area contributed by atoms with E-state index in [4.69, 9.17) is 15.2 Å². The number of anilines is 1. The number of hydrogen-bond donors (Lipinski definition) is 2. The third-order valence-electron chi connectivity index (χ3n) is 5.28. The predicted octanol–water partition coefficient (Wildman–Crippen LogP) is 5.18. The van der Waals surface area contributed by atoms with Crippen LogP contribution >= 0.6 is 11.3 Å². The Bertz CT molecular complexity index is 1250. The second kappa shape index (κ2) is 9.79. The summed E-state index contributed by atoms with van der Waals surface area (Å²) in [6.07, 6.45) is 0.0330. The number of amides is 3. The Kier molecular flexibility index (Phi) is 6.79. The van der Waals surface area contributed by atoms with Crippen molar-refractivity contribution >= 4 is 34.2 Å². The zero-order chi connectivity index (χ0) is 25.2. The number of carbonyl (C=O) groups excluding carboxylic acids is 3. The molecular weight excluding hydrogens is 466 g/mol. The molecule has 35 heavy (non-hydrogen) atoms. The average molecular weight is 494 g/mol. The fourth-order valence-electron chi connectivity index (χ4n) is 3.71. The standard InChI is InChI=1S/C26H27N3O5S/c1-26(2,3)34-25(32)29-14-13-19-20(15-29)35-24(21(19)22(27)30)28-23(31)16-9-11-18(12-10-16)33-17-7-5-4-6-8-17/h4-12H,13-15H2,1-3H3,(H2,27,30)(H,28,31). The third kappa shape index (κ3) is 5.81. The average Bonchev–Trinajstić information content (AvgIpc) is 3.16. The van der Waals surface area contributed by atoms with Crippen molar-refractivity contribution in [3.8, 4) is 11.5 Å². The van der Waals surface area contributed by atoms with Gasteiger partial charge in [-0.2, -0.15) is 0 Å². The Morgan fingerprint density at radius 2 is 1.66 bits per heavy atom. The van der Waals surface area contributed by atoms with E-state index in [2.05, 4.69) is 5.32 Å². The molecule has 3 aromatic rings. The minimum Gasteiger partial charge on any atom is -0.457 e. The summed E-state index contributed by atoms with van der Waals surface area (Å²) in [6, 6.07) is 16.0. The molecule has 0 atom stereocenters. The van der Waals surface area contributed by atoms with Gasteiger partial charge in [0.05, 0.1) is 12.1 Å². The lowest BCUT2D eigenvalue weighted by Crippen LogP contribution is -2.39. The highest BCUT2D eigenvalue weighted by Gasteiger charge is 2.31. The van der Waals surface area contributed by atoms with Crippen molar-refractivity contribution in [1.29, 1.82) is 0 Å². The fraction of sp³-hybridized carbons (Fsp3) is 0.269. The van der Waals surface area contributed by atoms with E-state index in [0.717, 1.165) is 10.4 Å². The molecule has 3 amide bonds. The van der Waals surface area contributed by atoms with Gasteiger partial charge < -0.3 is 25.4 Å². The number of primary amides is 1. The van der Waals surface area contributed by atoms with Crippen LogP contribution in [0, 0.1) is 0 Å². The molecule has 0 unspecified atom stereocenters. The van der Waals surface area contributed by atoms with Crippen LogP contribution in [0.2, 0.25) is 0 Å². The van der Waals surface area contributed by atoms with Gasteiger partial charge in [-0.3, -0.25) is 9.59 Å². The Balaban J connectivity index is 1.49. The normalized spacial score (nSPS) is 13.1. The molecule has 1 aliphatic heterocycles. The Morgan fingerprint density at radius 1 is 1.00 bits per heavy atom. The third-order valence-corrected chi connectivity index (χ3v) is 6.41. The summed E-state index contributed by atoms with van der Waals surface area (Å²) >= 11 is 1.25. The van der Waals surface area contributed by atoms with Gasteiger partial charge in [0.25, 0.3) is 11.8 Å². The number of carbonyl (C=O) groups is 3. The number of hydrogen-bond acceptors (Lipinski definition) is 6. The van der Waals surface area contributed by atoms with Gasteiger partial charge in [0.1, 0.15) is 22.1 Å². The molecule has 182 valence electrons. The maximum Gasteiger partial charge on any atom is 0.410 e. The molecule has 0 spiro atoms. The van der Waals surface area contributed by atoms with Crippen molar-refractivity contribution in [2.75, 3.05) is 11.9 Å². The van der Waals surface area contributed by atoms with Crippen molar-refractivity contribution in [2.45, 2.75) is 39.3 Å². The number of benzene rings is 2. The highest BCUT2D eigenvalue weighted by Crippen LogP contribution is 2.37. The number of ether oxygens (including phenoxy) is 2. The molecule has 0 bridgehead atoms. The van der Waals surface area contributed by atoms with Gasteiger partial charge in [0.2, 0.25) is 0 Å². The van der Waals surface area contributed by atoms with Crippen molar-refractivity contribution in [3.63, 3.8) is 0 Å². The van der Waals surface area contributed by atoms with Crippen LogP contribution in [0.15, 0.2) is 54.6 Å². The SMILES string of the molecule is CC(C)(C)OC(=O)N1CCc2c(sc(NC(=O)c3ccc(Oc4ccccc4)cc3)c2C(N)=O)C1. The first-order valence-electron chi connectivity index (χ1n) is 11.2. The van der Waals surface area contributed by atoms with Crippen LogP contribution in [0.1, 0.15) is 51.9 Å². The monoisotopic (exact) mass is 493 g/mol. The van der Waals surface area contributed by atoms with Crippen molar-refractivity contribution in [3.05, 3.63) is 76.2 Å². The second-order valence-electron chi connectivity index (χ2n) is 9.12. The highest BCUT2D eigenvalue weighted by molar-refractivity contribution is 7.17. The second-order valence-corrected chi connectivity index (χ2v) is 10.2. The number of nitrogens with zero attached hydrogens (tertiary/aromatic N) is 1. The molecule has 1 aliphatic rings. The van der Waals surface area contributed by atoms with Crippen LogP contribution in [0.5, 0.6) is 11.5 Å². The molecule has 4 rings (SSSR count). The van der Waals surface area contributed by atoms with Crippen LogP contribution in [0.3, 0.4) is 0 Å². The predicted molar refractivity (Wildman–Crippen MR) is 134 cm³/mol. The number of nitrogens with two attached hydrogens (primary N) is 1. The molecule has 3 N–H and O–H groups in total. The fourth-order valence-corrected chi connectivity index (χ4v) is 4.97. The molecule has 0 saturated carbocycles. The van der Waals surface area contributed by atoms with Gasteiger partial charge in [0, 0.05) is 17.0 Å². The molecule has 0 saturated heterocycles. The number of para-hydroxylation sites is 1. The van der Waals surface area contributed by atoms with E-state index < -0.39 is 17.6 Å². The van der Waals surface area contributed by atoms with E-state index >= 15 is 0 Å². The van der Waals surface area contributed by atoms with Gasteiger partial charge in [0.15, 0.2) is 0 Å². The molecule has 8 nitrogen and oxygen atoms in total. The number of thiophene rings is 1. The topological polar surface area (TPSA) is 111 Å². The van der Waals surface area contributed by atoms with Crippen molar-refractivity contribution in [1.82, 2.24) is 4.90 Å². The number of rotatable bonds is 5. The van der Waals surface area contributed by atoms with Gasteiger partial charge in [-0.15, -0.1) is 11.3 Å². The molecule has 2 aromatic carbocycles. The van der Waals surface area contributed by atoms with Crippen molar-refractivity contribution < 1.29 is 23.9 Å². The zero-order valence-electron chi connectivity index (χ0n) is 19.8. The van der Waals surface area contributed by atoms with Crippen molar-refractivity contribution in [2.24, 2.45) is 5.73 Å². The molecule has 1 aromatic heterocycles. The Morgan fingerprint density at radius 3 is 2.29 bits per heavy atom. The van der Waals surface area contributed by atoms with E-state index in [1.807, 2.05) is 51.1 Å². The zero-order valence-corrected chi connectivity index (χ0v) is 20.6. The summed E-state index contributed by atoms with van der Waals surface area (Å²) in [4.78, 5) is 40.1. The van der Waals surface area contributed by atoms with Gasteiger partial charge in [-0.25, -0.2) is 4.79 Å². The maximum absolute atomic E-state index is 12.9. The first-order chi connectivity index (χ1) is 16.6. The van der Waals surface area contributed by atoms with Gasteiger partial charge in [-0.1, -0.05) is 18.2 Å². The summed E-state index contributed by atoms with van der Waals surface area (Å²) in [6.45, 7) is 6.12. The molecule has 2 heterocycles. The van der Waals surface area contributed by atoms with E-state index in [1.165, 1.54) is 11.3 Å². The largest absolute Gasteiger partial charge is 0.457 e. The van der Waals surface area contributed by atoms with E-state index in [0.29, 0.717) is 40.6 Å². The van der Waals surface area contributed by atoms with Crippen LogP contribution in [-0.4, -0.2) is 35.0 Å². The first-order valence-corrected chi connectivity index (χ1v) is 12.0. The van der Waals surface area contributed by atoms with Crippen LogP contribution in [0.4, 0.5) is 9.80 Å². The summed E-state index contributed by atoms with van der Waals surface area (Å²) in [5.41, 5.74) is 6.53. The molecular formula is C26H27N3O5S. The minimum absolute atomic E-state index is 0.288. The Labute approximate surface area is 207 Å². The molecule has 0 radical (unpaired) electrons. The highest BCUT2D eigenvalue weighted by atomic mass is 32.1. The molecule has 9 heteroatoms. The number of nitrogens with one attached hydrogen (secondary N) is 1. The molecule has 0 fully saturated rings. The lowest BCUT2D eigenvalue weighted by Gasteiger charge is -2.30. The first kappa shape index (κ1) is 24.3. The lowest BCUT2D eigenvalue weighted by molar-refractivity contribution is 0.0226.